The van der Waals surface area contributed by atoms with Gasteiger partial charge in [-0.05, 0) is 39.1 Å². The normalized spacial score (nSPS) is 20.1. The van der Waals surface area contributed by atoms with Crippen molar-refractivity contribution < 1.29 is 4.42 Å². The molecule has 1 atom stereocenters. The summed E-state index contributed by atoms with van der Waals surface area (Å²) in [6.45, 7) is 4.95. The Labute approximate surface area is 116 Å². The third kappa shape index (κ3) is 3.38. The lowest BCUT2D eigenvalue weighted by Crippen LogP contribution is -2.44. The quantitative estimate of drug-likeness (QED) is 0.883. The number of piperidine rings is 1. The van der Waals surface area contributed by atoms with Crippen LogP contribution in [0.1, 0.15) is 37.3 Å². The monoisotopic (exact) mass is 265 g/mol. The van der Waals surface area contributed by atoms with Crippen LogP contribution >= 0.6 is 0 Å². The Morgan fingerprint density at radius 2 is 2.05 bits per heavy atom. The molecule has 1 aliphatic rings. The van der Waals surface area contributed by atoms with Crippen molar-refractivity contribution in [2.75, 3.05) is 33.7 Å². The smallest absolute Gasteiger partial charge is 0.122 e. The molecule has 108 valence electrons. The van der Waals surface area contributed by atoms with Crippen LogP contribution in [0.5, 0.6) is 0 Å². The highest BCUT2D eigenvalue weighted by Crippen LogP contribution is 2.26. The molecule has 1 aliphatic heterocycles. The largest absolute Gasteiger partial charge is 0.464 e. The summed E-state index contributed by atoms with van der Waals surface area (Å²) in [7, 11) is 4.33. The molecule has 4 heteroatoms. The van der Waals surface area contributed by atoms with Crippen LogP contribution in [0.4, 0.5) is 0 Å². The van der Waals surface area contributed by atoms with Gasteiger partial charge in [0.1, 0.15) is 11.5 Å². The van der Waals surface area contributed by atoms with Gasteiger partial charge in [-0.2, -0.15) is 0 Å². The first-order valence-electron chi connectivity index (χ1n) is 7.34. The Balaban J connectivity index is 1.99. The average Bonchev–Trinajstić information content (AvgIpc) is 2.89. The van der Waals surface area contributed by atoms with Gasteiger partial charge in [0.05, 0.1) is 6.04 Å². The molecule has 0 radical (unpaired) electrons. The van der Waals surface area contributed by atoms with Crippen LogP contribution in [0.3, 0.4) is 0 Å². The van der Waals surface area contributed by atoms with Crippen molar-refractivity contribution in [1.29, 1.82) is 0 Å². The highest BCUT2D eigenvalue weighted by molar-refractivity contribution is 5.11. The summed E-state index contributed by atoms with van der Waals surface area (Å²) >= 11 is 0. The van der Waals surface area contributed by atoms with Crippen LogP contribution < -0.4 is 5.73 Å². The summed E-state index contributed by atoms with van der Waals surface area (Å²) in [4.78, 5) is 4.80. The van der Waals surface area contributed by atoms with Gasteiger partial charge in [0.25, 0.3) is 0 Å². The van der Waals surface area contributed by atoms with Gasteiger partial charge in [-0.15, -0.1) is 0 Å². The zero-order valence-electron chi connectivity index (χ0n) is 12.4. The maximum atomic E-state index is 5.97. The van der Waals surface area contributed by atoms with Crippen LogP contribution in [0.2, 0.25) is 0 Å². The molecule has 2 heterocycles. The predicted molar refractivity (Wildman–Crippen MR) is 78.2 cm³/mol. The Kier molecular flexibility index (Phi) is 5.02. The topological polar surface area (TPSA) is 45.6 Å². The average molecular weight is 265 g/mol. The molecule has 1 aromatic heterocycles. The van der Waals surface area contributed by atoms with Gasteiger partial charge < -0.3 is 15.1 Å². The molecule has 0 aliphatic carbocycles. The summed E-state index contributed by atoms with van der Waals surface area (Å²) in [5, 5.41) is 0. The zero-order chi connectivity index (χ0) is 13.8. The van der Waals surface area contributed by atoms with E-state index in [9.17, 15) is 0 Å². The van der Waals surface area contributed by atoms with Crippen molar-refractivity contribution in [3.8, 4) is 0 Å². The second-order valence-electron chi connectivity index (χ2n) is 5.64. The lowest BCUT2D eigenvalue weighted by molar-refractivity contribution is 0.100. The van der Waals surface area contributed by atoms with Crippen molar-refractivity contribution in [2.45, 2.75) is 38.3 Å². The van der Waals surface area contributed by atoms with Gasteiger partial charge in [0, 0.05) is 32.1 Å². The van der Waals surface area contributed by atoms with Crippen molar-refractivity contribution in [3.05, 3.63) is 23.7 Å². The number of nitrogens with two attached hydrogens (primary N) is 1. The van der Waals surface area contributed by atoms with E-state index in [-0.39, 0.29) is 6.04 Å². The molecule has 1 saturated heterocycles. The summed E-state index contributed by atoms with van der Waals surface area (Å²) in [5.41, 5.74) is 5.97. The minimum absolute atomic E-state index is 0.239. The molecule has 2 N–H and O–H groups in total. The Hall–Kier alpha value is -0.840. The molecule has 1 fully saturated rings. The molecule has 0 spiro atoms. The molecular weight excluding hydrogens is 238 g/mol. The highest BCUT2D eigenvalue weighted by Gasteiger charge is 2.27. The summed E-state index contributed by atoms with van der Waals surface area (Å²) < 4.78 is 5.88. The lowest BCUT2D eigenvalue weighted by Gasteiger charge is -2.38. The highest BCUT2D eigenvalue weighted by atomic mass is 16.3. The van der Waals surface area contributed by atoms with E-state index in [1.54, 1.807) is 0 Å². The molecule has 1 unspecified atom stereocenters. The van der Waals surface area contributed by atoms with Crippen LogP contribution in [0, 0.1) is 0 Å². The van der Waals surface area contributed by atoms with Gasteiger partial charge in [0.15, 0.2) is 0 Å². The molecule has 4 nitrogen and oxygen atoms in total. The molecule has 0 amide bonds. The third-order valence-corrected chi connectivity index (χ3v) is 4.25. The number of rotatable bonds is 5. The number of hydrogen-bond acceptors (Lipinski definition) is 4. The van der Waals surface area contributed by atoms with Gasteiger partial charge in [0.2, 0.25) is 0 Å². The fraction of sp³-hybridized carbons (Fsp3) is 0.733. The van der Waals surface area contributed by atoms with Crippen molar-refractivity contribution in [3.63, 3.8) is 0 Å². The predicted octanol–water partition coefficient (Wildman–Crippen LogP) is 1.87. The number of aryl methyl sites for hydroxylation is 1. The molecule has 1 aromatic rings. The van der Waals surface area contributed by atoms with Crippen LogP contribution in [0.15, 0.2) is 16.5 Å². The van der Waals surface area contributed by atoms with Crippen LogP contribution in [0.25, 0.3) is 0 Å². The molecule has 19 heavy (non-hydrogen) atoms. The van der Waals surface area contributed by atoms with Gasteiger partial charge >= 0.3 is 0 Å². The Morgan fingerprint density at radius 1 is 1.37 bits per heavy atom. The van der Waals surface area contributed by atoms with E-state index in [1.807, 2.05) is 0 Å². The second kappa shape index (κ2) is 6.55. The molecular formula is C15H27N3O. The second-order valence-corrected chi connectivity index (χ2v) is 5.64. The zero-order valence-corrected chi connectivity index (χ0v) is 12.4. The fourth-order valence-corrected chi connectivity index (χ4v) is 2.92. The van der Waals surface area contributed by atoms with Crippen molar-refractivity contribution in [2.24, 2.45) is 5.73 Å². The van der Waals surface area contributed by atoms with Gasteiger partial charge in [-0.3, -0.25) is 4.90 Å². The Morgan fingerprint density at radius 3 is 2.53 bits per heavy atom. The first kappa shape index (κ1) is 14.6. The van der Waals surface area contributed by atoms with E-state index in [0.29, 0.717) is 12.6 Å². The number of hydrogen-bond donors (Lipinski definition) is 1. The number of likely N-dealkylation sites (tertiary alicyclic amines) is 1. The van der Waals surface area contributed by atoms with Crippen LogP contribution in [-0.2, 0) is 6.42 Å². The number of nitrogens with zero attached hydrogens (tertiary/aromatic N) is 2. The first-order valence-corrected chi connectivity index (χ1v) is 7.34. The van der Waals surface area contributed by atoms with Crippen molar-refractivity contribution in [1.82, 2.24) is 9.80 Å². The standard InChI is InChI=1S/C15H27N3O/c1-4-13-5-6-15(19-13)14(11-16)18-9-7-12(8-10-18)17(2)3/h5-6,12,14H,4,7-11,16H2,1-3H3. The SMILES string of the molecule is CCc1ccc(C(CN)N2CCC(N(C)C)CC2)o1. The fourth-order valence-electron chi connectivity index (χ4n) is 2.92. The first-order chi connectivity index (χ1) is 9.15. The summed E-state index contributed by atoms with van der Waals surface area (Å²) in [6, 6.07) is 5.11. The van der Waals surface area contributed by atoms with E-state index in [1.165, 1.54) is 12.8 Å². The number of furan rings is 1. The maximum absolute atomic E-state index is 5.97. The van der Waals surface area contributed by atoms with E-state index in [2.05, 4.69) is 43.0 Å². The minimum atomic E-state index is 0.239. The molecule has 0 bridgehead atoms. The minimum Gasteiger partial charge on any atom is -0.464 e. The lowest BCUT2D eigenvalue weighted by atomic mass is 10.0. The Bertz CT molecular complexity index is 380. The van der Waals surface area contributed by atoms with Gasteiger partial charge in [-0.1, -0.05) is 6.92 Å². The summed E-state index contributed by atoms with van der Waals surface area (Å²) in [5.74, 6) is 2.08. The summed E-state index contributed by atoms with van der Waals surface area (Å²) in [6.07, 6.45) is 3.37. The van der Waals surface area contributed by atoms with Crippen molar-refractivity contribution >= 4 is 0 Å². The van der Waals surface area contributed by atoms with E-state index >= 15 is 0 Å². The third-order valence-electron chi connectivity index (χ3n) is 4.25. The van der Waals surface area contributed by atoms with E-state index in [4.69, 9.17) is 10.2 Å². The van der Waals surface area contributed by atoms with E-state index in [0.717, 1.165) is 31.0 Å². The molecule has 0 saturated carbocycles. The van der Waals surface area contributed by atoms with E-state index < -0.39 is 0 Å². The molecule has 2 rings (SSSR count). The molecule has 0 aromatic carbocycles. The van der Waals surface area contributed by atoms with Gasteiger partial charge in [-0.25, -0.2) is 0 Å². The maximum Gasteiger partial charge on any atom is 0.122 e. The van der Waals surface area contributed by atoms with Crippen LogP contribution in [-0.4, -0.2) is 49.6 Å².